The van der Waals surface area contributed by atoms with Gasteiger partial charge in [0.15, 0.2) is 5.76 Å². The van der Waals surface area contributed by atoms with Gasteiger partial charge in [0.25, 0.3) is 0 Å². The van der Waals surface area contributed by atoms with Crippen molar-refractivity contribution in [2.24, 2.45) is 10.4 Å². The maximum Gasteiger partial charge on any atom is 0.150 e. The van der Waals surface area contributed by atoms with Crippen molar-refractivity contribution in [2.75, 3.05) is 0 Å². The van der Waals surface area contributed by atoms with Crippen LogP contribution in [0.4, 0.5) is 5.69 Å². The van der Waals surface area contributed by atoms with Crippen LogP contribution in [-0.4, -0.2) is 11.3 Å². The number of phenols is 1. The molecule has 0 saturated carbocycles. The molecule has 2 aromatic carbocycles. The maximum atomic E-state index is 9.36. The molecule has 1 heterocycles. The molecule has 2 N–H and O–H groups in total. The first kappa shape index (κ1) is 21.4. The number of ether oxygens (including phenoxy) is 1. The van der Waals surface area contributed by atoms with Gasteiger partial charge < -0.3 is 15.2 Å². The quantitative estimate of drug-likeness (QED) is 0.530. The van der Waals surface area contributed by atoms with Crippen molar-refractivity contribution in [3.63, 3.8) is 0 Å². The van der Waals surface area contributed by atoms with Crippen molar-refractivity contribution >= 4 is 17.7 Å². The van der Waals surface area contributed by atoms with Gasteiger partial charge in [0.2, 0.25) is 0 Å². The summed E-state index contributed by atoms with van der Waals surface area (Å²) in [6.07, 6.45) is 10.0. The molecule has 0 radical (unpaired) electrons. The highest BCUT2D eigenvalue weighted by molar-refractivity contribution is 5.82. The molecular formula is C26H30N2O2. The summed E-state index contributed by atoms with van der Waals surface area (Å²) in [7, 11) is 0. The van der Waals surface area contributed by atoms with E-state index in [0.29, 0.717) is 0 Å². The Balaban J connectivity index is 1.78. The molecule has 1 aliphatic rings. The lowest BCUT2D eigenvalue weighted by molar-refractivity contribution is 0.351. The van der Waals surface area contributed by atoms with Gasteiger partial charge in [-0.2, -0.15) is 0 Å². The fourth-order valence-corrected chi connectivity index (χ4v) is 2.91. The molecule has 0 bridgehead atoms. The molecule has 0 saturated heterocycles. The van der Waals surface area contributed by atoms with Gasteiger partial charge in [-0.25, -0.2) is 0 Å². The number of aromatic hydroxyl groups is 1. The molecule has 0 amide bonds. The van der Waals surface area contributed by atoms with Gasteiger partial charge in [-0.05, 0) is 54.2 Å². The maximum absolute atomic E-state index is 9.36. The summed E-state index contributed by atoms with van der Waals surface area (Å²) in [5.74, 6) is 1.91. The Kier molecular flexibility index (Phi) is 6.78. The highest BCUT2D eigenvalue weighted by atomic mass is 16.5. The van der Waals surface area contributed by atoms with E-state index in [9.17, 15) is 5.11 Å². The second-order valence-corrected chi connectivity index (χ2v) is 8.03. The first-order valence-electron chi connectivity index (χ1n) is 10.4. The van der Waals surface area contributed by atoms with Crippen LogP contribution < -0.4 is 5.32 Å². The molecule has 4 nitrogen and oxygen atoms in total. The largest absolute Gasteiger partial charge is 0.508 e. The van der Waals surface area contributed by atoms with Gasteiger partial charge in [-0.3, -0.25) is 4.99 Å². The SMILES string of the molecule is CC/C=C1/NC=C(c2ccc(C=Nc3ccc(O)cc3)cc2)O/C1=C/C(C)(C)CC. The number of allylic oxidation sites excluding steroid dienone is 2. The number of nitrogens with zero attached hydrogens (tertiary/aromatic N) is 1. The molecule has 0 aromatic heterocycles. The van der Waals surface area contributed by atoms with Gasteiger partial charge in [0, 0.05) is 18.0 Å². The zero-order valence-electron chi connectivity index (χ0n) is 18.1. The van der Waals surface area contributed by atoms with Crippen LogP contribution >= 0.6 is 0 Å². The molecule has 2 aromatic rings. The monoisotopic (exact) mass is 402 g/mol. The number of rotatable bonds is 6. The third kappa shape index (κ3) is 5.63. The lowest BCUT2D eigenvalue weighted by Crippen LogP contribution is -2.19. The number of aliphatic imine (C=N–C) groups is 1. The van der Waals surface area contributed by atoms with E-state index in [1.54, 1.807) is 24.3 Å². The van der Waals surface area contributed by atoms with Crippen LogP contribution in [0.15, 0.2) is 83.3 Å². The summed E-state index contributed by atoms with van der Waals surface area (Å²) in [6.45, 7) is 8.74. The number of phenolic OH excluding ortho intramolecular Hbond substituents is 1. The van der Waals surface area contributed by atoms with Gasteiger partial charge in [0.1, 0.15) is 11.5 Å². The van der Waals surface area contributed by atoms with E-state index in [2.05, 4.69) is 50.2 Å². The zero-order valence-corrected chi connectivity index (χ0v) is 18.1. The molecule has 0 unspecified atom stereocenters. The van der Waals surface area contributed by atoms with Crippen LogP contribution in [0.3, 0.4) is 0 Å². The standard InChI is InChI=1S/C26H30N2O2/c1-5-7-23-24(16-26(3,4)6-2)30-25(18-28-23)20-10-8-19(9-11-20)17-27-21-12-14-22(29)15-13-21/h7-18,28-29H,5-6H2,1-4H3/b23-7+,24-16+,27-17?. The van der Waals surface area contributed by atoms with Gasteiger partial charge in [0.05, 0.1) is 11.4 Å². The smallest absolute Gasteiger partial charge is 0.150 e. The summed E-state index contributed by atoms with van der Waals surface area (Å²) in [6, 6.07) is 14.9. The van der Waals surface area contributed by atoms with Gasteiger partial charge in [-0.1, -0.05) is 58.0 Å². The van der Waals surface area contributed by atoms with Crippen LogP contribution in [0.2, 0.25) is 0 Å². The van der Waals surface area contributed by atoms with Crippen molar-refractivity contribution in [2.45, 2.75) is 40.5 Å². The topological polar surface area (TPSA) is 53.9 Å². The lowest BCUT2D eigenvalue weighted by atomic mass is 9.89. The summed E-state index contributed by atoms with van der Waals surface area (Å²) in [5.41, 5.74) is 3.86. The highest BCUT2D eigenvalue weighted by Gasteiger charge is 2.21. The average molecular weight is 403 g/mol. The molecule has 30 heavy (non-hydrogen) atoms. The van der Waals surface area contributed by atoms with Crippen LogP contribution in [-0.2, 0) is 4.74 Å². The molecule has 0 atom stereocenters. The Hall–Kier alpha value is -3.27. The Labute approximate surface area is 179 Å². The first-order valence-corrected chi connectivity index (χ1v) is 10.4. The average Bonchev–Trinajstić information content (AvgIpc) is 2.75. The van der Waals surface area contributed by atoms with E-state index < -0.39 is 0 Å². The predicted octanol–water partition coefficient (Wildman–Crippen LogP) is 6.68. The van der Waals surface area contributed by atoms with Gasteiger partial charge in [-0.15, -0.1) is 0 Å². The fraction of sp³-hybridized carbons (Fsp3) is 0.269. The molecule has 0 fully saturated rings. The molecular weight excluding hydrogens is 372 g/mol. The lowest BCUT2D eigenvalue weighted by Gasteiger charge is -2.26. The minimum Gasteiger partial charge on any atom is -0.508 e. The second-order valence-electron chi connectivity index (χ2n) is 8.03. The number of nitrogens with one attached hydrogen (secondary N) is 1. The molecule has 0 aliphatic carbocycles. The third-order valence-electron chi connectivity index (χ3n) is 5.09. The number of benzene rings is 2. The molecule has 1 aliphatic heterocycles. The molecule has 4 heteroatoms. The third-order valence-corrected chi connectivity index (χ3v) is 5.09. The minimum atomic E-state index is 0.0564. The molecule has 0 spiro atoms. The van der Waals surface area contributed by atoms with E-state index in [0.717, 1.165) is 46.9 Å². The van der Waals surface area contributed by atoms with Crippen molar-refractivity contribution in [3.05, 3.63) is 89.5 Å². The van der Waals surface area contributed by atoms with Gasteiger partial charge >= 0.3 is 0 Å². The Morgan fingerprint density at radius 2 is 1.73 bits per heavy atom. The normalized spacial score (nSPS) is 17.1. The van der Waals surface area contributed by atoms with Crippen molar-refractivity contribution < 1.29 is 9.84 Å². The summed E-state index contributed by atoms with van der Waals surface area (Å²) >= 11 is 0. The van der Waals surface area contributed by atoms with Crippen LogP contribution in [0, 0.1) is 5.41 Å². The Morgan fingerprint density at radius 1 is 1.03 bits per heavy atom. The highest BCUT2D eigenvalue weighted by Crippen LogP contribution is 2.31. The number of hydrogen-bond donors (Lipinski definition) is 2. The van der Waals surface area contributed by atoms with E-state index in [4.69, 9.17) is 4.74 Å². The minimum absolute atomic E-state index is 0.0564. The Morgan fingerprint density at radius 3 is 2.37 bits per heavy atom. The first-order chi connectivity index (χ1) is 14.4. The van der Waals surface area contributed by atoms with Crippen LogP contribution in [0.5, 0.6) is 5.75 Å². The summed E-state index contributed by atoms with van der Waals surface area (Å²) in [5, 5.41) is 12.7. The van der Waals surface area contributed by atoms with Crippen molar-refractivity contribution in [1.82, 2.24) is 5.32 Å². The Bertz CT molecular complexity index is 979. The van der Waals surface area contributed by atoms with Crippen LogP contribution in [0.1, 0.15) is 51.7 Å². The number of hydrogen-bond acceptors (Lipinski definition) is 4. The second kappa shape index (κ2) is 9.49. The molecule has 3 rings (SSSR count). The van der Waals surface area contributed by atoms with E-state index in [1.807, 2.05) is 36.7 Å². The van der Waals surface area contributed by atoms with E-state index >= 15 is 0 Å². The van der Waals surface area contributed by atoms with Crippen molar-refractivity contribution in [3.8, 4) is 5.75 Å². The van der Waals surface area contributed by atoms with Crippen LogP contribution in [0.25, 0.3) is 5.76 Å². The van der Waals surface area contributed by atoms with E-state index in [1.165, 1.54) is 0 Å². The summed E-state index contributed by atoms with van der Waals surface area (Å²) < 4.78 is 6.29. The predicted molar refractivity (Wildman–Crippen MR) is 125 cm³/mol. The summed E-state index contributed by atoms with van der Waals surface area (Å²) in [4.78, 5) is 4.44. The van der Waals surface area contributed by atoms with Crippen molar-refractivity contribution in [1.29, 1.82) is 0 Å². The fourth-order valence-electron chi connectivity index (χ4n) is 2.91. The molecule has 156 valence electrons. The van der Waals surface area contributed by atoms with E-state index in [-0.39, 0.29) is 11.2 Å². The zero-order chi connectivity index (χ0) is 21.6.